The first-order chi connectivity index (χ1) is 7.99. The van der Waals surface area contributed by atoms with Crippen molar-refractivity contribution in [2.45, 2.75) is 13.8 Å². The van der Waals surface area contributed by atoms with Crippen molar-refractivity contribution in [2.24, 2.45) is 5.92 Å². The van der Waals surface area contributed by atoms with Gasteiger partial charge in [-0.2, -0.15) is 0 Å². The molecule has 0 aromatic heterocycles. The van der Waals surface area contributed by atoms with Crippen LogP contribution < -0.4 is 4.74 Å². The van der Waals surface area contributed by atoms with Crippen molar-refractivity contribution in [3.05, 3.63) is 34.3 Å². The summed E-state index contributed by atoms with van der Waals surface area (Å²) < 4.78 is 6.41. The van der Waals surface area contributed by atoms with Gasteiger partial charge in [-0.1, -0.05) is 29.8 Å². The van der Waals surface area contributed by atoms with E-state index in [4.69, 9.17) is 9.84 Å². The van der Waals surface area contributed by atoms with Crippen LogP contribution in [0.2, 0.25) is 0 Å². The average molecular weight is 299 g/mol. The summed E-state index contributed by atoms with van der Waals surface area (Å²) in [5.74, 6) is 0.231. The van der Waals surface area contributed by atoms with Crippen LogP contribution in [0.25, 0.3) is 6.08 Å². The first kappa shape index (κ1) is 13.8. The molecule has 0 bridgehead atoms. The largest absolute Gasteiger partial charge is 0.493 e. The Morgan fingerprint density at radius 3 is 2.82 bits per heavy atom. The Morgan fingerprint density at radius 1 is 1.53 bits per heavy atom. The van der Waals surface area contributed by atoms with Crippen LogP contribution in [0.5, 0.6) is 5.75 Å². The van der Waals surface area contributed by atoms with Crippen LogP contribution in [0.1, 0.15) is 19.4 Å². The number of benzene rings is 1. The van der Waals surface area contributed by atoms with Crippen LogP contribution in [0.3, 0.4) is 0 Å². The maximum Gasteiger partial charge on any atom is 0.328 e. The maximum absolute atomic E-state index is 10.5. The molecule has 92 valence electrons. The van der Waals surface area contributed by atoms with Crippen molar-refractivity contribution in [1.29, 1.82) is 0 Å². The Labute approximate surface area is 109 Å². The lowest BCUT2D eigenvalue weighted by Crippen LogP contribution is -2.04. The smallest absolute Gasteiger partial charge is 0.328 e. The molecule has 0 atom stereocenters. The summed E-state index contributed by atoms with van der Waals surface area (Å²) in [6, 6.07) is 5.51. The van der Waals surface area contributed by atoms with E-state index in [1.165, 1.54) is 6.08 Å². The molecular formula is C13H15BrO3. The molecule has 0 unspecified atom stereocenters. The Bertz CT molecular complexity index is 425. The van der Waals surface area contributed by atoms with Gasteiger partial charge < -0.3 is 9.84 Å². The third-order valence-electron chi connectivity index (χ3n) is 1.96. The van der Waals surface area contributed by atoms with E-state index >= 15 is 0 Å². The highest BCUT2D eigenvalue weighted by atomic mass is 79.9. The highest BCUT2D eigenvalue weighted by Crippen LogP contribution is 2.24. The number of carbonyl (C=O) groups is 1. The van der Waals surface area contributed by atoms with E-state index in [0.29, 0.717) is 12.5 Å². The van der Waals surface area contributed by atoms with Crippen LogP contribution in [0.15, 0.2) is 28.7 Å². The Balaban J connectivity index is 2.82. The van der Waals surface area contributed by atoms with E-state index < -0.39 is 5.97 Å². The highest BCUT2D eigenvalue weighted by molar-refractivity contribution is 9.10. The Morgan fingerprint density at radius 2 is 2.24 bits per heavy atom. The third kappa shape index (κ3) is 5.04. The quantitative estimate of drug-likeness (QED) is 0.845. The molecule has 0 saturated heterocycles. The van der Waals surface area contributed by atoms with Gasteiger partial charge in [0.25, 0.3) is 0 Å². The van der Waals surface area contributed by atoms with Gasteiger partial charge in [0, 0.05) is 10.5 Å². The monoisotopic (exact) mass is 298 g/mol. The molecule has 3 nitrogen and oxygen atoms in total. The van der Waals surface area contributed by atoms with Crippen LogP contribution in [-0.2, 0) is 4.79 Å². The molecule has 0 fully saturated rings. The van der Waals surface area contributed by atoms with Crippen molar-refractivity contribution >= 4 is 28.0 Å². The van der Waals surface area contributed by atoms with Gasteiger partial charge in [-0.15, -0.1) is 0 Å². The number of carboxylic acid groups (broad SMARTS) is 1. The zero-order valence-electron chi connectivity index (χ0n) is 9.81. The van der Waals surface area contributed by atoms with E-state index in [1.807, 2.05) is 18.2 Å². The number of halogens is 1. The molecule has 0 radical (unpaired) electrons. The first-order valence-electron chi connectivity index (χ1n) is 5.32. The van der Waals surface area contributed by atoms with Gasteiger partial charge in [-0.3, -0.25) is 0 Å². The summed E-state index contributed by atoms with van der Waals surface area (Å²) in [6.45, 7) is 4.79. The van der Waals surface area contributed by atoms with Crippen molar-refractivity contribution < 1.29 is 14.6 Å². The molecule has 1 aromatic rings. The van der Waals surface area contributed by atoms with Crippen molar-refractivity contribution in [1.82, 2.24) is 0 Å². The van der Waals surface area contributed by atoms with Gasteiger partial charge in [0.15, 0.2) is 0 Å². The zero-order chi connectivity index (χ0) is 12.8. The first-order valence-corrected chi connectivity index (χ1v) is 6.11. The molecule has 0 aliphatic carbocycles. The van der Waals surface area contributed by atoms with Gasteiger partial charge in [-0.25, -0.2) is 4.79 Å². The Hall–Kier alpha value is -1.29. The highest BCUT2D eigenvalue weighted by Gasteiger charge is 2.02. The van der Waals surface area contributed by atoms with Gasteiger partial charge >= 0.3 is 5.97 Å². The lowest BCUT2D eigenvalue weighted by Gasteiger charge is -2.09. The predicted molar refractivity (Wildman–Crippen MR) is 71.1 cm³/mol. The average Bonchev–Trinajstić information content (AvgIpc) is 2.26. The standard InChI is InChI=1S/C13H15BrO3/c1-9(2)8-17-11-4-5-12(14)10(7-11)3-6-13(15)16/h3-7,9H,8H2,1-2H3,(H,15,16)/b6-3+. The fraction of sp³-hybridized carbons (Fsp3) is 0.308. The van der Waals surface area contributed by atoms with Crippen molar-refractivity contribution in [2.75, 3.05) is 6.61 Å². The number of hydrogen-bond donors (Lipinski definition) is 1. The molecule has 0 amide bonds. The SMILES string of the molecule is CC(C)COc1ccc(Br)c(/C=C/C(=O)O)c1. The third-order valence-corrected chi connectivity index (χ3v) is 2.68. The van der Waals surface area contributed by atoms with Crippen molar-refractivity contribution in [3.8, 4) is 5.75 Å². The summed E-state index contributed by atoms with van der Waals surface area (Å²) in [6.07, 6.45) is 2.64. The van der Waals surface area contributed by atoms with E-state index in [2.05, 4.69) is 29.8 Å². The number of hydrogen-bond acceptors (Lipinski definition) is 2. The normalized spacial score (nSPS) is 11.1. The number of carboxylic acids is 1. The number of ether oxygens (including phenoxy) is 1. The molecule has 0 aliphatic rings. The molecule has 0 heterocycles. The summed E-state index contributed by atoms with van der Waals surface area (Å²) in [5, 5.41) is 8.58. The predicted octanol–water partition coefficient (Wildman–Crippen LogP) is 3.58. The summed E-state index contributed by atoms with van der Waals surface area (Å²) in [5.41, 5.74) is 0.786. The molecule has 1 aromatic carbocycles. The molecule has 0 saturated carbocycles. The fourth-order valence-corrected chi connectivity index (χ4v) is 1.54. The second-order valence-corrected chi connectivity index (χ2v) is 4.91. The summed E-state index contributed by atoms with van der Waals surface area (Å²) in [4.78, 5) is 10.5. The minimum atomic E-state index is -0.967. The second-order valence-electron chi connectivity index (χ2n) is 4.06. The zero-order valence-corrected chi connectivity index (χ0v) is 11.4. The molecule has 0 spiro atoms. The molecule has 0 aliphatic heterocycles. The summed E-state index contributed by atoms with van der Waals surface area (Å²) in [7, 11) is 0. The fourth-order valence-electron chi connectivity index (χ4n) is 1.16. The molecule has 1 N–H and O–H groups in total. The lowest BCUT2D eigenvalue weighted by atomic mass is 10.2. The van der Waals surface area contributed by atoms with Gasteiger partial charge in [0.1, 0.15) is 5.75 Å². The van der Waals surface area contributed by atoms with E-state index in [9.17, 15) is 4.79 Å². The molecule has 1 rings (SSSR count). The Kier molecular flexibility index (Phi) is 5.22. The van der Waals surface area contributed by atoms with E-state index in [-0.39, 0.29) is 0 Å². The van der Waals surface area contributed by atoms with E-state index in [0.717, 1.165) is 21.9 Å². The van der Waals surface area contributed by atoms with Crippen LogP contribution >= 0.6 is 15.9 Å². The van der Waals surface area contributed by atoms with Crippen LogP contribution in [0, 0.1) is 5.92 Å². The van der Waals surface area contributed by atoms with Crippen molar-refractivity contribution in [3.63, 3.8) is 0 Å². The topological polar surface area (TPSA) is 46.5 Å². The number of aliphatic carboxylic acids is 1. The van der Waals surface area contributed by atoms with Crippen LogP contribution in [0.4, 0.5) is 0 Å². The van der Waals surface area contributed by atoms with Gasteiger partial charge in [0.05, 0.1) is 6.61 Å². The maximum atomic E-state index is 10.5. The molecule has 17 heavy (non-hydrogen) atoms. The molecular weight excluding hydrogens is 284 g/mol. The number of rotatable bonds is 5. The minimum absolute atomic E-state index is 0.455. The van der Waals surface area contributed by atoms with Gasteiger partial charge in [-0.05, 0) is 35.8 Å². The molecule has 4 heteroatoms. The second kappa shape index (κ2) is 6.45. The summed E-state index contributed by atoms with van der Waals surface area (Å²) >= 11 is 3.36. The van der Waals surface area contributed by atoms with E-state index in [1.54, 1.807) is 0 Å². The van der Waals surface area contributed by atoms with Gasteiger partial charge in [0.2, 0.25) is 0 Å². The van der Waals surface area contributed by atoms with Crippen LogP contribution in [-0.4, -0.2) is 17.7 Å². The minimum Gasteiger partial charge on any atom is -0.493 e. The lowest BCUT2D eigenvalue weighted by molar-refractivity contribution is -0.131.